The molecular weight excluding hydrogens is 336 g/mol. The monoisotopic (exact) mass is 358 g/mol. The van der Waals surface area contributed by atoms with Gasteiger partial charge in [-0.2, -0.15) is 0 Å². The van der Waals surface area contributed by atoms with Crippen LogP contribution in [0.25, 0.3) is 0 Å². The van der Waals surface area contributed by atoms with E-state index in [0.29, 0.717) is 19.5 Å². The number of carbonyl (C=O) groups excluding carboxylic acids is 1. The molecule has 1 aliphatic heterocycles. The van der Waals surface area contributed by atoms with E-state index in [2.05, 4.69) is 0 Å². The topological polar surface area (TPSA) is 80.5 Å². The maximum atomic E-state index is 12.9. The van der Waals surface area contributed by atoms with E-state index in [1.807, 2.05) is 38.1 Å². The minimum absolute atomic E-state index is 0.0514. The quantitative estimate of drug-likeness (QED) is 0.914. The fourth-order valence-corrected chi connectivity index (χ4v) is 3.73. The predicted molar refractivity (Wildman–Crippen MR) is 96.5 cm³/mol. The summed E-state index contributed by atoms with van der Waals surface area (Å²) in [6.07, 6.45) is 0.715. The zero-order valence-corrected chi connectivity index (χ0v) is 15.2. The Labute approximate surface area is 148 Å². The molecule has 0 bridgehead atoms. The van der Waals surface area contributed by atoms with E-state index in [1.54, 1.807) is 17.0 Å². The van der Waals surface area contributed by atoms with Gasteiger partial charge in [-0.3, -0.25) is 4.79 Å². The molecule has 3 rings (SSSR count). The van der Waals surface area contributed by atoms with Crippen LogP contribution < -0.4 is 5.14 Å². The number of rotatable bonds is 3. The molecule has 0 aromatic heterocycles. The number of hydrogen-bond donors (Lipinski definition) is 1. The lowest BCUT2D eigenvalue weighted by Gasteiger charge is -2.31. The van der Waals surface area contributed by atoms with Crippen molar-refractivity contribution in [3.8, 4) is 0 Å². The molecule has 6 heteroatoms. The first-order chi connectivity index (χ1) is 11.8. The van der Waals surface area contributed by atoms with Crippen LogP contribution in [0.5, 0.6) is 0 Å². The number of primary sulfonamides is 1. The van der Waals surface area contributed by atoms with Gasteiger partial charge in [0.15, 0.2) is 0 Å². The average Bonchev–Trinajstić information content (AvgIpc) is 2.59. The van der Waals surface area contributed by atoms with Crippen molar-refractivity contribution in [2.45, 2.75) is 37.6 Å². The Morgan fingerprint density at radius 1 is 1.12 bits per heavy atom. The number of fused-ring (bicyclic) bond motifs is 1. The van der Waals surface area contributed by atoms with Gasteiger partial charge in [0.25, 0.3) is 0 Å². The zero-order valence-electron chi connectivity index (χ0n) is 14.4. The van der Waals surface area contributed by atoms with Gasteiger partial charge in [0, 0.05) is 13.1 Å². The van der Waals surface area contributed by atoms with Crippen LogP contribution in [-0.2, 0) is 27.8 Å². The Morgan fingerprint density at radius 2 is 1.80 bits per heavy atom. The van der Waals surface area contributed by atoms with Gasteiger partial charge in [0.05, 0.1) is 10.8 Å². The lowest BCUT2D eigenvalue weighted by molar-refractivity contribution is -0.133. The molecule has 1 unspecified atom stereocenters. The summed E-state index contributed by atoms with van der Waals surface area (Å²) >= 11 is 0. The number of hydrogen-bond acceptors (Lipinski definition) is 3. The largest absolute Gasteiger partial charge is 0.338 e. The van der Waals surface area contributed by atoms with E-state index >= 15 is 0 Å². The maximum Gasteiger partial charge on any atom is 0.238 e. The third-order valence-electron chi connectivity index (χ3n) is 4.78. The second-order valence-electron chi connectivity index (χ2n) is 6.62. The van der Waals surface area contributed by atoms with E-state index in [1.165, 1.54) is 6.07 Å². The van der Waals surface area contributed by atoms with Crippen LogP contribution in [0.2, 0.25) is 0 Å². The molecule has 1 heterocycles. The van der Waals surface area contributed by atoms with Gasteiger partial charge in [0.2, 0.25) is 15.9 Å². The molecule has 1 aliphatic rings. The van der Waals surface area contributed by atoms with E-state index in [9.17, 15) is 13.2 Å². The van der Waals surface area contributed by atoms with Gasteiger partial charge >= 0.3 is 0 Å². The van der Waals surface area contributed by atoms with Crippen molar-refractivity contribution in [2.75, 3.05) is 6.54 Å². The normalized spacial score (nSPS) is 15.6. The predicted octanol–water partition coefficient (Wildman–Crippen LogP) is 2.33. The Hall–Kier alpha value is -2.18. The highest BCUT2D eigenvalue weighted by molar-refractivity contribution is 7.89. The molecule has 0 saturated carbocycles. The number of nitrogens with zero attached hydrogens (tertiary/aromatic N) is 1. The summed E-state index contributed by atoms with van der Waals surface area (Å²) in [7, 11) is -3.74. The fourth-order valence-electron chi connectivity index (χ4n) is 3.17. The molecule has 0 radical (unpaired) electrons. The summed E-state index contributed by atoms with van der Waals surface area (Å²) in [6.45, 7) is 4.97. The summed E-state index contributed by atoms with van der Waals surface area (Å²) < 4.78 is 23.1. The molecule has 2 N–H and O–H groups in total. The van der Waals surface area contributed by atoms with Crippen LogP contribution in [-0.4, -0.2) is 25.8 Å². The van der Waals surface area contributed by atoms with Crippen molar-refractivity contribution in [2.24, 2.45) is 5.14 Å². The zero-order chi connectivity index (χ0) is 18.2. The smallest absolute Gasteiger partial charge is 0.238 e. The van der Waals surface area contributed by atoms with Crippen LogP contribution >= 0.6 is 0 Å². The maximum absolute atomic E-state index is 12.9. The Kier molecular flexibility index (Phi) is 4.67. The Bertz CT molecular complexity index is 905. The summed E-state index contributed by atoms with van der Waals surface area (Å²) in [5.41, 5.74) is 4.06. The van der Waals surface area contributed by atoms with Gasteiger partial charge < -0.3 is 4.90 Å². The highest BCUT2D eigenvalue weighted by Crippen LogP contribution is 2.26. The lowest BCUT2D eigenvalue weighted by atomic mass is 9.95. The lowest BCUT2D eigenvalue weighted by Crippen LogP contribution is -2.38. The molecule has 5 nitrogen and oxygen atoms in total. The molecule has 132 valence electrons. The summed E-state index contributed by atoms with van der Waals surface area (Å²) in [5.74, 6) is -0.181. The van der Waals surface area contributed by atoms with Crippen molar-refractivity contribution in [1.82, 2.24) is 4.90 Å². The number of amides is 1. The second-order valence-corrected chi connectivity index (χ2v) is 8.18. The Balaban J connectivity index is 1.81. The first-order valence-corrected chi connectivity index (χ1v) is 9.80. The first kappa shape index (κ1) is 17.6. The average molecular weight is 358 g/mol. The molecule has 1 amide bonds. The van der Waals surface area contributed by atoms with Crippen LogP contribution in [0.3, 0.4) is 0 Å². The molecule has 0 fully saturated rings. The molecule has 0 spiro atoms. The molecule has 2 aromatic carbocycles. The van der Waals surface area contributed by atoms with Gasteiger partial charge in [-0.05, 0) is 49.1 Å². The van der Waals surface area contributed by atoms with Crippen molar-refractivity contribution >= 4 is 15.9 Å². The fraction of sp³-hybridized carbons (Fsp3) is 0.316. The van der Waals surface area contributed by atoms with Crippen molar-refractivity contribution < 1.29 is 13.2 Å². The molecule has 25 heavy (non-hydrogen) atoms. The molecule has 1 atom stereocenters. The van der Waals surface area contributed by atoms with Gasteiger partial charge in [-0.25, -0.2) is 13.6 Å². The number of nitrogens with two attached hydrogens (primary N) is 1. The molecule has 0 aliphatic carbocycles. The Morgan fingerprint density at radius 3 is 2.44 bits per heavy atom. The van der Waals surface area contributed by atoms with Crippen molar-refractivity contribution in [1.29, 1.82) is 0 Å². The third kappa shape index (κ3) is 3.75. The number of aryl methyl sites for hydroxylation is 1. The van der Waals surface area contributed by atoms with Crippen molar-refractivity contribution in [3.63, 3.8) is 0 Å². The molecule has 2 aromatic rings. The summed E-state index contributed by atoms with van der Waals surface area (Å²) in [6, 6.07) is 12.9. The van der Waals surface area contributed by atoms with E-state index < -0.39 is 10.0 Å². The van der Waals surface area contributed by atoms with Crippen LogP contribution in [0.4, 0.5) is 0 Å². The first-order valence-electron chi connectivity index (χ1n) is 8.25. The van der Waals surface area contributed by atoms with E-state index in [0.717, 1.165) is 22.3 Å². The van der Waals surface area contributed by atoms with Gasteiger partial charge in [-0.1, -0.05) is 35.9 Å². The standard InChI is InChI=1S/C19H22N2O3S/c1-13-3-5-15(6-4-13)14(2)19(22)21-10-9-16-7-8-18(25(20,23)24)11-17(16)12-21/h3-8,11,14H,9-10,12H2,1-2H3,(H2,20,23,24). The van der Waals surface area contributed by atoms with E-state index in [-0.39, 0.29) is 16.7 Å². The van der Waals surface area contributed by atoms with Crippen molar-refractivity contribution in [3.05, 3.63) is 64.7 Å². The second kappa shape index (κ2) is 6.61. The van der Waals surface area contributed by atoms with Gasteiger partial charge in [0.1, 0.15) is 0 Å². The number of benzene rings is 2. The van der Waals surface area contributed by atoms with E-state index in [4.69, 9.17) is 5.14 Å². The highest BCUT2D eigenvalue weighted by atomic mass is 32.2. The summed E-state index contributed by atoms with van der Waals surface area (Å²) in [5, 5.41) is 5.21. The van der Waals surface area contributed by atoms with Crippen LogP contribution in [0.1, 0.15) is 35.1 Å². The minimum Gasteiger partial charge on any atom is -0.338 e. The number of carbonyl (C=O) groups is 1. The number of sulfonamides is 1. The van der Waals surface area contributed by atoms with Crippen LogP contribution in [0, 0.1) is 6.92 Å². The SMILES string of the molecule is Cc1ccc(C(C)C(=O)N2CCc3ccc(S(N)(=O)=O)cc3C2)cc1. The summed E-state index contributed by atoms with van der Waals surface area (Å²) in [4.78, 5) is 14.7. The van der Waals surface area contributed by atoms with Gasteiger partial charge in [-0.15, -0.1) is 0 Å². The van der Waals surface area contributed by atoms with Crippen LogP contribution in [0.15, 0.2) is 47.4 Å². The molecule has 0 saturated heterocycles. The highest BCUT2D eigenvalue weighted by Gasteiger charge is 2.26. The molecular formula is C19H22N2O3S. The minimum atomic E-state index is -3.74. The third-order valence-corrected chi connectivity index (χ3v) is 5.69.